The summed E-state index contributed by atoms with van der Waals surface area (Å²) in [4.78, 5) is 0. The van der Waals surface area contributed by atoms with Crippen LogP contribution in [-0.4, -0.2) is 11.4 Å². The van der Waals surface area contributed by atoms with Crippen molar-refractivity contribution in [2.75, 3.05) is 6.26 Å². The van der Waals surface area contributed by atoms with Gasteiger partial charge in [-0.05, 0) is 11.4 Å². The van der Waals surface area contributed by atoms with Gasteiger partial charge >= 0.3 is 0 Å². The lowest BCUT2D eigenvalue weighted by Gasteiger charge is -2.14. The molecule has 0 rings (SSSR count). The van der Waals surface area contributed by atoms with Gasteiger partial charge in [-0.15, -0.1) is 11.4 Å². The molecule has 0 aromatic rings. The van der Waals surface area contributed by atoms with E-state index < -0.39 is 0 Å². The van der Waals surface area contributed by atoms with Gasteiger partial charge in [0, 0.05) is 0 Å². The maximum Gasteiger partial charge on any atom is -0.0115 e. The Kier molecular flexibility index (Phi) is 3.27. The van der Waals surface area contributed by atoms with Gasteiger partial charge in [0.05, 0.1) is 0 Å². The molecule has 0 heterocycles. The monoisotopic (exact) mass is 136 g/mol. The Morgan fingerprint density at radius 2 is 1.71 bits per heavy atom. The van der Waals surface area contributed by atoms with E-state index in [1.165, 1.54) is 0 Å². The molecular weight excluding hydrogens is 123 g/mol. The fraction of sp³-hybridized carbons (Fsp3) is 1.00. The maximum atomic E-state index is 2.27. The molecule has 1 unspecified atom stereocenters. The molecule has 0 radical (unpaired) electrons. The Hall–Kier alpha value is 0.780. The molecule has 0 bridgehead atoms. The quantitative estimate of drug-likeness (QED) is 0.499. The van der Waals surface area contributed by atoms with Crippen molar-refractivity contribution in [2.24, 2.45) is 0 Å². The zero-order valence-electron chi connectivity index (χ0n) is 5.41. The van der Waals surface area contributed by atoms with Crippen molar-refractivity contribution in [3.05, 3.63) is 0 Å². The topological polar surface area (TPSA) is 0 Å². The average Bonchev–Trinajstić information content (AvgIpc) is 1.30. The largest absolute Gasteiger partial charge is 0.141 e. The third kappa shape index (κ3) is 6.78. The Bertz CT molecular complexity index is 46.5. The lowest BCUT2D eigenvalue weighted by atomic mass is 10.3. The highest BCUT2D eigenvalue weighted by Crippen LogP contribution is 2.39. The van der Waals surface area contributed by atoms with E-state index >= 15 is 0 Å². The van der Waals surface area contributed by atoms with Crippen LogP contribution in [0.2, 0.25) is 0 Å². The van der Waals surface area contributed by atoms with Gasteiger partial charge < -0.3 is 0 Å². The highest BCUT2D eigenvalue weighted by Gasteiger charge is 2.06. The van der Waals surface area contributed by atoms with Crippen LogP contribution >= 0.6 is 19.2 Å². The van der Waals surface area contributed by atoms with Crippen LogP contribution in [0.5, 0.6) is 0 Å². The van der Waals surface area contributed by atoms with Crippen molar-refractivity contribution < 1.29 is 0 Å². The molecule has 0 aliphatic rings. The molecule has 44 valence electrons. The summed E-state index contributed by atoms with van der Waals surface area (Å²) in [5.41, 5.74) is 0. The second kappa shape index (κ2) is 2.94. The Labute approximate surface area is 52.0 Å². The molecule has 0 aromatic heterocycles. The fourth-order valence-electron chi connectivity index (χ4n) is 0.306. The lowest BCUT2D eigenvalue weighted by Crippen LogP contribution is -2.01. The average molecular weight is 136 g/mol. The highest BCUT2D eigenvalue weighted by atomic mass is 32.7. The summed E-state index contributed by atoms with van der Waals surface area (Å²) < 4.78 is 0. The van der Waals surface area contributed by atoms with Crippen molar-refractivity contribution in [1.29, 1.82) is 0 Å². The predicted molar refractivity (Wildman–Crippen MR) is 41.6 cm³/mol. The first kappa shape index (κ1) is 7.78. The Balaban J connectivity index is 3.15. The molecule has 0 saturated heterocycles. The Morgan fingerprint density at radius 3 is 1.71 bits per heavy atom. The van der Waals surface area contributed by atoms with Gasteiger partial charge in [0.25, 0.3) is 0 Å². The number of hydrogen-bond acceptors (Lipinski definition) is 1. The van der Waals surface area contributed by atoms with Crippen molar-refractivity contribution in [2.45, 2.75) is 25.9 Å². The van der Waals surface area contributed by atoms with E-state index in [0.717, 1.165) is 7.78 Å². The SMILES string of the molecule is CSPC(C)(C)C. The van der Waals surface area contributed by atoms with Crippen LogP contribution in [0.3, 0.4) is 0 Å². The summed E-state index contributed by atoms with van der Waals surface area (Å²) in [5.74, 6) is 0. The van der Waals surface area contributed by atoms with Crippen molar-refractivity contribution in [1.82, 2.24) is 0 Å². The van der Waals surface area contributed by atoms with Crippen LogP contribution in [0, 0.1) is 0 Å². The first-order valence-corrected chi connectivity index (χ1v) is 5.31. The lowest BCUT2D eigenvalue weighted by molar-refractivity contribution is 0.802. The summed E-state index contributed by atoms with van der Waals surface area (Å²) in [7, 11) is 1.04. The van der Waals surface area contributed by atoms with Gasteiger partial charge in [0.2, 0.25) is 0 Å². The van der Waals surface area contributed by atoms with Gasteiger partial charge in [-0.2, -0.15) is 0 Å². The minimum Gasteiger partial charge on any atom is -0.141 e. The van der Waals surface area contributed by atoms with Crippen LogP contribution in [0.25, 0.3) is 0 Å². The van der Waals surface area contributed by atoms with E-state index in [0.29, 0.717) is 5.16 Å². The standard InChI is InChI=1S/C5H13PS/c1-5(2,3)6-7-4/h6H,1-4H3. The molecule has 0 aliphatic carbocycles. The normalized spacial score (nSPS) is 13.7. The van der Waals surface area contributed by atoms with Crippen LogP contribution in [0.4, 0.5) is 0 Å². The molecule has 0 spiro atoms. The Morgan fingerprint density at radius 1 is 1.29 bits per heavy atom. The third-order valence-electron chi connectivity index (χ3n) is 0.408. The molecule has 0 aromatic carbocycles. The second-order valence-electron chi connectivity index (χ2n) is 2.56. The van der Waals surface area contributed by atoms with Gasteiger partial charge in [-0.1, -0.05) is 28.6 Å². The summed E-state index contributed by atoms with van der Waals surface area (Å²) >= 11 is 1.94. The molecular formula is C5H13PS. The summed E-state index contributed by atoms with van der Waals surface area (Å²) in [6.07, 6.45) is 2.16. The van der Waals surface area contributed by atoms with Gasteiger partial charge in [-0.3, -0.25) is 0 Å². The molecule has 0 N–H and O–H groups in total. The van der Waals surface area contributed by atoms with E-state index in [-0.39, 0.29) is 0 Å². The predicted octanol–water partition coefficient (Wildman–Crippen LogP) is 2.74. The van der Waals surface area contributed by atoms with Crippen LogP contribution in [-0.2, 0) is 0 Å². The third-order valence-corrected chi connectivity index (χ3v) is 3.67. The molecule has 0 aliphatic heterocycles. The fourth-order valence-corrected chi connectivity index (χ4v) is 2.76. The number of rotatable bonds is 1. The van der Waals surface area contributed by atoms with Crippen LogP contribution < -0.4 is 0 Å². The molecule has 1 atom stereocenters. The number of hydrogen-bond donors (Lipinski definition) is 0. The minimum absolute atomic E-state index is 0.541. The smallest absolute Gasteiger partial charge is 0.0115 e. The van der Waals surface area contributed by atoms with E-state index in [1.54, 1.807) is 0 Å². The summed E-state index contributed by atoms with van der Waals surface area (Å²) in [6.45, 7) is 6.80. The van der Waals surface area contributed by atoms with E-state index in [2.05, 4.69) is 27.0 Å². The summed E-state index contributed by atoms with van der Waals surface area (Å²) in [5, 5.41) is 0.541. The summed E-state index contributed by atoms with van der Waals surface area (Å²) in [6, 6.07) is 0. The van der Waals surface area contributed by atoms with Crippen molar-refractivity contribution >= 4 is 19.2 Å². The molecule has 0 nitrogen and oxygen atoms in total. The van der Waals surface area contributed by atoms with E-state index in [4.69, 9.17) is 0 Å². The first-order chi connectivity index (χ1) is 3.06. The van der Waals surface area contributed by atoms with E-state index in [1.807, 2.05) is 11.4 Å². The van der Waals surface area contributed by atoms with Crippen LogP contribution in [0.15, 0.2) is 0 Å². The molecule has 0 fully saturated rings. The van der Waals surface area contributed by atoms with Gasteiger partial charge in [0.15, 0.2) is 0 Å². The van der Waals surface area contributed by atoms with E-state index in [9.17, 15) is 0 Å². The van der Waals surface area contributed by atoms with Crippen molar-refractivity contribution in [3.8, 4) is 0 Å². The minimum atomic E-state index is 0.541. The highest BCUT2D eigenvalue weighted by molar-refractivity contribution is 8.49. The molecule has 0 amide bonds. The maximum absolute atomic E-state index is 2.27. The molecule has 7 heavy (non-hydrogen) atoms. The van der Waals surface area contributed by atoms with Gasteiger partial charge in [-0.25, -0.2) is 0 Å². The van der Waals surface area contributed by atoms with Gasteiger partial charge in [0.1, 0.15) is 0 Å². The molecule has 2 heteroatoms. The van der Waals surface area contributed by atoms with Crippen LogP contribution in [0.1, 0.15) is 20.8 Å². The molecule has 0 saturated carbocycles. The van der Waals surface area contributed by atoms with Crippen molar-refractivity contribution in [3.63, 3.8) is 0 Å². The second-order valence-corrected chi connectivity index (χ2v) is 6.51. The zero-order valence-corrected chi connectivity index (χ0v) is 7.22. The first-order valence-electron chi connectivity index (χ1n) is 2.36. The zero-order chi connectivity index (χ0) is 5.91.